The van der Waals surface area contributed by atoms with Crippen molar-refractivity contribution in [1.82, 2.24) is 9.47 Å². The minimum atomic E-state index is -1.32. The molecular weight excluding hydrogens is 272 g/mol. The maximum absolute atomic E-state index is 2.97. The van der Waals surface area contributed by atoms with Crippen molar-refractivity contribution >= 4 is 8.24 Å². The average Bonchev–Trinajstić information content (AvgIpc) is 2.47. The van der Waals surface area contributed by atoms with Crippen molar-refractivity contribution < 1.29 is 0 Å². The highest BCUT2D eigenvalue weighted by atomic mass is 28.3. The minimum Gasteiger partial charge on any atom is -0.322 e. The molecule has 0 aromatic rings. The molecule has 0 bridgehead atoms. The molecule has 1 saturated heterocycles. The summed E-state index contributed by atoms with van der Waals surface area (Å²) >= 11 is 0. The Balaban J connectivity index is 2.94. The molecule has 0 aliphatic carbocycles. The summed E-state index contributed by atoms with van der Waals surface area (Å²) < 4.78 is 2.97. The van der Waals surface area contributed by atoms with Crippen molar-refractivity contribution in [2.45, 2.75) is 90.9 Å². The quantitative estimate of drug-likeness (QED) is 0.530. The van der Waals surface area contributed by atoms with Crippen LogP contribution in [0.25, 0.3) is 0 Å². The summed E-state index contributed by atoms with van der Waals surface area (Å²) in [6.07, 6.45) is 9.66. The summed E-state index contributed by atoms with van der Waals surface area (Å²) in [4.78, 5) is 2.88. The van der Waals surface area contributed by atoms with Gasteiger partial charge >= 0.3 is 0 Å². The van der Waals surface area contributed by atoms with E-state index in [9.17, 15) is 0 Å². The van der Waals surface area contributed by atoms with Crippen molar-refractivity contribution in [1.29, 1.82) is 0 Å². The summed E-state index contributed by atoms with van der Waals surface area (Å²) in [5.41, 5.74) is 0.907. The smallest absolute Gasteiger partial charge is 0.142 e. The van der Waals surface area contributed by atoms with Crippen LogP contribution in [-0.2, 0) is 0 Å². The molecule has 3 heteroatoms. The van der Waals surface area contributed by atoms with Gasteiger partial charge in [0.15, 0.2) is 0 Å². The summed E-state index contributed by atoms with van der Waals surface area (Å²) in [6.45, 7) is 17.4. The second-order valence-corrected chi connectivity index (χ2v) is 11.7. The third-order valence-corrected chi connectivity index (χ3v) is 10.6. The maximum atomic E-state index is 2.97. The van der Waals surface area contributed by atoms with Crippen LogP contribution in [0.2, 0.25) is 12.6 Å². The summed E-state index contributed by atoms with van der Waals surface area (Å²) in [5.74, 6) is 0. The Bertz CT molecular complexity index is 260. The average molecular weight is 313 g/mol. The Morgan fingerprint density at radius 2 is 1.33 bits per heavy atom. The first kappa shape index (κ1) is 19.2. The molecule has 0 N–H and O–H groups in total. The maximum Gasteiger partial charge on any atom is 0.142 e. The van der Waals surface area contributed by atoms with E-state index in [-0.39, 0.29) is 0 Å². The molecule has 0 radical (unpaired) electrons. The van der Waals surface area contributed by atoms with Crippen molar-refractivity contribution in [2.24, 2.45) is 0 Å². The van der Waals surface area contributed by atoms with E-state index in [1.54, 1.807) is 0 Å². The summed E-state index contributed by atoms with van der Waals surface area (Å²) in [5, 5.41) is 0. The lowest BCUT2D eigenvalue weighted by atomic mass is 10.2. The molecule has 1 aliphatic rings. The predicted octanol–water partition coefficient (Wildman–Crippen LogP) is 4.90. The molecule has 0 saturated carbocycles. The van der Waals surface area contributed by atoms with Crippen LogP contribution in [0.15, 0.2) is 0 Å². The molecule has 1 heterocycles. The molecular formula is C18H40N2Si. The Morgan fingerprint density at radius 1 is 0.810 bits per heavy atom. The Labute approximate surface area is 135 Å². The lowest BCUT2D eigenvalue weighted by Gasteiger charge is -2.51. The summed E-state index contributed by atoms with van der Waals surface area (Å²) in [7, 11) is -1.32. The highest BCUT2D eigenvalue weighted by Crippen LogP contribution is 2.34. The van der Waals surface area contributed by atoms with Gasteiger partial charge in [-0.25, -0.2) is 0 Å². The molecule has 0 amide bonds. The van der Waals surface area contributed by atoms with Gasteiger partial charge < -0.3 is 9.47 Å². The van der Waals surface area contributed by atoms with Crippen LogP contribution in [0, 0.1) is 0 Å². The zero-order chi connectivity index (χ0) is 15.7. The van der Waals surface area contributed by atoms with E-state index in [0.29, 0.717) is 0 Å². The molecule has 21 heavy (non-hydrogen) atoms. The lowest BCUT2D eigenvalue weighted by Crippen LogP contribution is -2.66. The molecule has 2 unspecified atom stereocenters. The van der Waals surface area contributed by atoms with Gasteiger partial charge in [-0.15, -0.1) is 0 Å². The van der Waals surface area contributed by atoms with E-state index >= 15 is 0 Å². The van der Waals surface area contributed by atoms with E-state index in [1.165, 1.54) is 77.2 Å². The normalized spacial score (nSPS) is 26.7. The van der Waals surface area contributed by atoms with Crippen LogP contribution in [0.5, 0.6) is 0 Å². The first-order valence-corrected chi connectivity index (χ1v) is 12.4. The van der Waals surface area contributed by atoms with Crippen molar-refractivity contribution in [3.8, 4) is 0 Å². The van der Waals surface area contributed by atoms with Gasteiger partial charge in [0, 0.05) is 5.67 Å². The largest absolute Gasteiger partial charge is 0.322 e. The number of hydrogen-bond donors (Lipinski definition) is 0. The zero-order valence-corrected chi connectivity index (χ0v) is 16.5. The Hall–Kier alpha value is 0.137. The highest BCUT2D eigenvalue weighted by molar-refractivity contribution is 6.77. The zero-order valence-electron chi connectivity index (χ0n) is 15.5. The fourth-order valence-electron chi connectivity index (χ4n) is 4.40. The van der Waals surface area contributed by atoms with Crippen molar-refractivity contribution in [2.75, 3.05) is 26.2 Å². The highest BCUT2D eigenvalue weighted by Gasteiger charge is 2.45. The van der Waals surface area contributed by atoms with Crippen LogP contribution in [0.1, 0.15) is 72.6 Å². The minimum absolute atomic E-state index is 0.907. The van der Waals surface area contributed by atoms with Crippen LogP contribution in [-0.4, -0.2) is 49.5 Å². The van der Waals surface area contributed by atoms with Gasteiger partial charge in [0.2, 0.25) is 0 Å². The predicted molar refractivity (Wildman–Crippen MR) is 98.4 cm³/mol. The third kappa shape index (κ3) is 5.07. The van der Waals surface area contributed by atoms with E-state index < -0.39 is 8.24 Å². The van der Waals surface area contributed by atoms with Gasteiger partial charge in [-0.1, -0.05) is 47.1 Å². The van der Waals surface area contributed by atoms with Gasteiger partial charge in [0.05, 0.1) is 0 Å². The SMILES string of the molecule is CCCN(CCC)C1CCCC[Si]1(C)N(CCC)CCC. The van der Waals surface area contributed by atoms with E-state index in [1.807, 2.05) is 0 Å². The van der Waals surface area contributed by atoms with Crippen LogP contribution in [0.3, 0.4) is 0 Å². The van der Waals surface area contributed by atoms with Crippen molar-refractivity contribution in [3.05, 3.63) is 0 Å². The summed E-state index contributed by atoms with van der Waals surface area (Å²) in [6, 6.07) is 1.53. The van der Waals surface area contributed by atoms with Crippen LogP contribution >= 0.6 is 0 Å². The molecule has 126 valence electrons. The molecule has 1 rings (SSSR count). The number of rotatable bonds is 10. The lowest BCUT2D eigenvalue weighted by molar-refractivity contribution is 0.208. The van der Waals surface area contributed by atoms with E-state index in [0.717, 1.165) is 5.67 Å². The Kier molecular flexibility index (Phi) is 9.15. The second kappa shape index (κ2) is 10.0. The van der Waals surface area contributed by atoms with Crippen LogP contribution in [0.4, 0.5) is 0 Å². The molecule has 0 spiro atoms. The Morgan fingerprint density at radius 3 is 1.81 bits per heavy atom. The van der Waals surface area contributed by atoms with Crippen molar-refractivity contribution in [3.63, 3.8) is 0 Å². The fraction of sp³-hybridized carbons (Fsp3) is 1.00. The monoisotopic (exact) mass is 312 g/mol. The van der Waals surface area contributed by atoms with Gasteiger partial charge in [0.1, 0.15) is 8.24 Å². The van der Waals surface area contributed by atoms with Gasteiger partial charge in [-0.05, 0) is 64.3 Å². The van der Waals surface area contributed by atoms with Gasteiger partial charge in [-0.3, -0.25) is 0 Å². The number of nitrogens with zero attached hydrogens (tertiary/aromatic N) is 2. The fourth-order valence-corrected chi connectivity index (χ4v) is 9.78. The molecule has 1 fully saturated rings. The standard InChI is InChI=1S/C18H40N2Si/c1-6-13-19(14-7-2)18-12-10-11-17-21(18,5)20(15-8-3)16-9-4/h18H,6-17H2,1-5H3. The molecule has 0 aromatic heterocycles. The van der Waals surface area contributed by atoms with E-state index in [2.05, 4.69) is 43.7 Å². The third-order valence-electron chi connectivity index (χ3n) is 5.30. The van der Waals surface area contributed by atoms with E-state index in [4.69, 9.17) is 0 Å². The number of hydrogen-bond acceptors (Lipinski definition) is 2. The topological polar surface area (TPSA) is 6.48 Å². The van der Waals surface area contributed by atoms with Gasteiger partial charge in [0.25, 0.3) is 0 Å². The first-order chi connectivity index (χ1) is 10.1. The molecule has 0 aromatic carbocycles. The first-order valence-electron chi connectivity index (χ1n) is 9.63. The second-order valence-electron chi connectivity index (χ2n) is 7.14. The molecule has 2 nitrogen and oxygen atoms in total. The van der Waals surface area contributed by atoms with Crippen LogP contribution < -0.4 is 0 Å². The molecule has 2 atom stereocenters. The molecule has 1 aliphatic heterocycles. The van der Waals surface area contributed by atoms with Gasteiger partial charge in [-0.2, -0.15) is 0 Å².